The van der Waals surface area contributed by atoms with E-state index in [1.54, 1.807) is 20.1 Å². The lowest BCUT2D eigenvalue weighted by Gasteiger charge is -2.21. The lowest BCUT2D eigenvalue weighted by Crippen LogP contribution is -2.45. The summed E-state index contributed by atoms with van der Waals surface area (Å²) in [6.07, 6.45) is 7.19. The number of nitrogens with zero attached hydrogens (tertiary/aromatic N) is 6. The van der Waals surface area contributed by atoms with Gasteiger partial charge in [0.25, 0.3) is 5.91 Å². The van der Waals surface area contributed by atoms with Crippen molar-refractivity contribution in [1.82, 2.24) is 40.3 Å². The second-order valence-electron chi connectivity index (χ2n) is 10.7. The number of hydrogen-bond acceptors (Lipinski definition) is 8. The van der Waals surface area contributed by atoms with Gasteiger partial charge < -0.3 is 20.1 Å². The lowest BCUT2D eigenvalue weighted by molar-refractivity contribution is -0.122. The van der Waals surface area contributed by atoms with Crippen molar-refractivity contribution in [2.24, 2.45) is 0 Å². The molecule has 0 saturated heterocycles. The first-order valence-corrected chi connectivity index (χ1v) is 14.5. The zero-order chi connectivity index (χ0) is 30.2. The number of para-hydroxylation sites is 2. The molecule has 3 heterocycles. The number of rotatable bonds is 4. The van der Waals surface area contributed by atoms with Crippen molar-refractivity contribution in [3.8, 4) is 17.2 Å². The van der Waals surface area contributed by atoms with Crippen LogP contribution in [0.15, 0.2) is 61.1 Å². The minimum absolute atomic E-state index is 0.242. The summed E-state index contributed by atoms with van der Waals surface area (Å²) in [5.41, 5.74) is 4.12. The van der Waals surface area contributed by atoms with E-state index in [9.17, 15) is 9.59 Å². The van der Waals surface area contributed by atoms with E-state index in [1.165, 1.54) is 0 Å². The molecule has 0 unspecified atom stereocenters. The van der Waals surface area contributed by atoms with Crippen LogP contribution >= 0.6 is 0 Å². The van der Waals surface area contributed by atoms with Gasteiger partial charge >= 0.3 is 0 Å². The average molecular weight is 587 g/mol. The molecule has 0 radical (unpaired) electrons. The summed E-state index contributed by atoms with van der Waals surface area (Å²) in [5.74, 6) is 0.642. The van der Waals surface area contributed by atoms with Crippen molar-refractivity contribution < 1.29 is 19.1 Å². The maximum Gasteiger partial charge on any atom is 0.255 e. The van der Waals surface area contributed by atoms with Crippen LogP contribution < -0.4 is 20.1 Å². The standard InChI is InChI=1S/C31H38N8O4/c1-22-10-11-26-29(16-22)43-15-7-14-38-21-25(35-36-38)20-37(13-6-12-32-30(40)23(2)34-31(26)41)18-24-17-33-39(19-24)27-8-4-5-9-28(27)42-3/h4-5,8-11,16-17,19,21,23H,6-7,12-15,18,20H2,1-3H3,(H,32,40)(H,34,41)/t23-/m1/s1. The fourth-order valence-electron chi connectivity index (χ4n) is 4.97. The van der Waals surface area contributed by atoms with E-state index in [-0.39, 0.29) is 11.8 Å². The minimum Gasteiger partial charge on any atom is -0.494 e. The van der Waals surface area contributed by atoms with Crippen LogP contribution in [-0.4, -0.2) is 74.3 Å². The molecule has 2 aromatic heterocycles. The van der Waals surface area contributed by atoms with Gasteiger partial charge in [0, 0.05) is 57.1 Å². The summed E-state index contributed by atoms with van der Waals surface area (Å²) < 4.78 is 15.1. The topological polar surface area (TPSA) is 128 Å². The molecule has 0 saturated carbocycles. The summed E-state index contributed by atoms with van der Waals surface area (Å²) >= 11 is 0. The van der Waals surface area contributed by atoms with E-state index in [2.05, 4.69) is 30.9 Å². The molecule has 0 spiro atoms. The molecule has 1 aliphatic heterocycles. The van der Waals surface area contributed by atoms with Crippen molar-refractivity contribution in [3.05, 3.63) is 83.4 Å². The molecule has 1 atom stereocenters. The van der Waals surface area contributed by atoms with Gasteiger partial charge in [0.05, 0.1) is 31.2 Å². The zero-order valence-electron chi connectivity index (χ0n) is 24.8. The highest BCUT2D eigenvalue weighted by Gasteiger charge is 2.20. The number of ether oxygens (including phenoxy) is 2. The van der Waals surface area contributed by atoms with E-state index in [0.29, 0.717) is 63.5 Å². The molecule has 5 rings (SSSR count). The number of hydrogen-bond donors (Lipinski definition) is 2. The molecule has 1 aliphatic rings. The number of aryl methyl sites for hydroxylation is 2. The number of carbonyl (C=O) groups is 2. The van der Waals surface area contributed by atoms with Gasteiger partial charge in [-0.3, -0.25) is 19.2 Å². The second kappa shape index (κ2) is 14.0. The molecule has 12 nitrogen and oxygen atoms in total. The Hall–Kier alpha value is -4.71. The van der Waals surface area contributed by atoms with E-state index in [4.69, 9.17) is 9.47 Å². The van der Waals surface area contributed by atoms with E-state index in [0.717, 1.165) is 28.3 Å². The molecular formula is C31H38N8O4. The van der Waals surface area contributed by atoms with Gasteiger partial charge in [0.1, 0.15) is 23.2 Å². The van der Waals surface area contributed by atoms with Gasteiger partial charge in [-0.1, -0.05) is 23.4 Å². The van der Waals surface area contributed by atoms with E-state index in [1.807, 2.05) is 71.3 Å². The number of amides is 2. The van der Waals surface area contributed by atoms with Gasteiger partial charge in [0.15, 0.2) is 0 Å². The van der Waals surface area contributed by atoms with Crippen LogP contribution in [0, 0.1) is 6.92 Å². The number of nitrogens with one attached hydrogen (secondary N) is 2. The number of fused-ring (bicyclic) bond motifs is 3. The second-order valence-corrected chi connectivity index (χ2v) is 10.7. The molecule has 43 heavy (non-hydrogen) atoms. The Balaban J connectivity index is 1.30. The first kappa shape index (κ1) is 29.8. The minimum atomic E-state index is -0.699. The van der Waals surface area contributed by atoms with Gasteiger partial charge in [-0.05, 0) is 50.1 Å². The Morgan fingerprint density at radius 1 is 1.09 bits per heavy atom. The van der Waals surface area contributed by atoms with Crippen LogP contribution in [0.1, 0.15) is 46.9 Å². The van der Waals surface area contributed by atoms with Gasteiger partial charge in [0.2, 0.25) is 5.91 Å². The number of methoxy groups -OCH3 is 1. The van der Waals surface area contributed by atoms with E-state index < -0.39 is 6.04 Å². The Bertz CT molecular complexity index is 1550. The smallest absolute Gasteiger partial charge is 0.255 e. The van der Waals surface area contributed by atoms with E-state index >= 15 is 0 Å². The summed E-state index contributed by atoms with van der Waals surface area (Å²) in [6, 6.07) is 12.5. The SMILES string of the molecule is COc1ccccc1-n1cc(CN2CCCNC(=O)[C@@H](C)NC(=O)c3ccc(C)cc3OCCCn3cc(nn3)C2)cn1. The Kier molecular flexibility index (Phi) is 9.67. The van der Waals surface area contributed by atoms with Gasteiger partial charge in [-0.15, -0.1) is 5.10 Å². The highest BCUT2D eigenvalue weighted by Crippen LogP contribution is 2.23. The zero-order valence-corrected chi connectivity index (χ0v) is 24.8. The fourth-order valence-corrected chi connectivity index (χ4v) is 4.97. The molecular weight excluding hydrogens is 548 g/mol. The summed E-state index contributed by atoms with van der Waals surface area (Å²) in [6.45, 7) is 7.03. The monoisotopic (exact) mass is 586 g/mol. The number of benzene rings is 2. The Morgan fingerprint density at radius 3 is 2.81 bits per heavy atom. The van der Waals surface area contributed by atoms with Gasteiger partial charge in [-0.2, -0.15) is 5.10 Å². The van der Waals surface area contributed by atoms with Crippen molar-refractivity contribution >= 4 is 11.8 Å². The molecule has 2 N–H and O–H groups in total. The summed E-state index contributed by atoms with van der Waals surface area (Å²) in [4.78, 5) is 28.1. The highest BCUT2D eigenvalue weighted by atomic mass is 16.5. The van der Waals surface area contributed by atoms with Crippen LogP contribution in [0.5, 0.6) is 11.5 Å². The molecule has 226 valence electrons. The van der Waals surface area contributed by atoms with Crippen LogP contribution in [-0.2, 0) is 24.4 Å². The Labute approximate surface area is 251 Å². The number of carbonyl (C=O) groups excluding carboxylic acids is 2. The first-order valence-electron chi connectivity index (χ1n) is 14.5. The van der Waals surface area contributed by atoms with Crippen molar-refractivity contribution in [3.63, 3.8) is 0 Å². The largest absolute Gasteiger partial charge is 0.494 e. The van der Waals surface area contributed by atoms with Crippen LogP contribution in [0.25, 0.3) is 5.69 Å². The van der Waals surface area contributed by atoms with Crippen LogP contribution in [0.3, 0.4) is 0 Å². The maximum absolute atomic E-state index is 13.0. The summed E-state index contributed by atoms with van der Waals surface area (Å²) in [5, 5.41) is 19.0. The number of aromatic nitrogens is 5. The summed E-state index contributed by atoms with van der Waals surface area (Å²) in [7, 11) is 1.64. The fraction of sp³-hybridized carbons (Fsp3) is 0.387. The maximum atomic E-state index is 13.0. The first-order chi connectivity index (χ1) is 20.9. The van der Waals surface area contributed by atoms with Crippen molar-refractivity contribution in [2.75, 3.05) is 26.8 Å². The molecule has 2 amide bonds. The molecule has 2 bridgehead atoms. The Morgan fingerprint density at radius 2 is 1.95 bits per heavy atom. The predicted molar refractivity (Wildman–Crippen MR) is 160 cm³/mol. The lowest BCUT2D eigenvalue weighted by atomic mass is 10.1. The predicted octanol–water partition coefficient (Wildman–Crippen LogP) is 2.89. The van der Waals surface area contributed by atoms with Crippen LogP contribution in [0.4, 0.5) is 0 Å². The molecule has 2 aromatic carbocycles. The molecule has 12 heteroatoms. The third-order valence-electron chi connectivity index (χ3n) is 7.21. The third-order valence-corrected chi connectivity index (χ3v) is 7.21. The molecule has 0 aliphatic carbocycles. The van der Waals surface area contributed by atoms with Crippen molar-refractivity contribution in [1.29, 1.82) is 0 Å². The molecule has 4 aromatic rings. The highest BCUT2D eigenvalue weighted by molar-refractivity contribution is 5.99. The average Bonchev–Trinajstić information content (AvgIpc) is 3.66. The molecule has 0 fully saturated rings. The van der Waals surface area contributed by atoms with Crippen molar-refractivity contribution in [2.45, 2.75) is 52.4 Å². The third kappa shape index (κ3) is 7.77. The normalized spacial score (nSPS) is 17.4. The van der Waals surface area contributed by atoms with Gasteiger partial charge in [-0.25, -0.2) is 4.68 Å². The quantitative estimate of drug-likeness (QED) is 0.374. The van der Waals surface area contributed by atoms with Crippen LogP contribution in [0.2, 0.25) is 0 Å².